The van der Waals surface area contributed by atoms with Gasteiger partial charge < -0.3 is 15.6 Å². The van der Waals surface area contributed by atoms with Crippen LogP contribution in [0.1, 0.15) is 23.5 Å². The van der Waals surface area contributed by atoms with Crippen LogP contribution in [-0.2, 0) is 6.61 Å². The van der Waals surface area contributed by atoms with Gasteiger partial charge in [-0.05, 0) is 36.1 Å². The van der Waals surface area contributed by atoms with Gasteiger partial charge in [0.25, 0.3) is 0 Å². The van der Waals surface area contributed by atoms with E-state index in [-0.39, 0.29) is 18.8 Å². The van der Waals surface area contributed by atoms with Crippen LogP contribution in [0.3, 0.4) is 0 Å². The molecule has 0 bridgehead atoms. The van der Waals surface area contributed by atoms with E-state index in [9.17, 15) is 0 Å². The summed E-state index contributed by atoms with van der Waals surface area (Å²) in [5.41, 5.74) is 6.84. The number of aliphatic hydroxyl groups is 1. The molecule has 2 aromatic rings. The van der Waals surface area contributed by atoms with Crippen LogP contribution in [0.2, 0.25) is 0 Å². The summed E-state index contributed by atoms with van der Waals surface area (Å²) in [4.78, 5) is 1.12. The predicted molar refractivity (Wildman–Crippen MR) is 73.7 cm³/mol. The fourth-order valence-corrected chi connectivity index (χ4v) is 2.57. The largest absolute Gasteiger partial charge is 0.483 e. The van der Waals surface area contributed by atoms with Crippen LogP contribution in [0.4, 0.5) is 0 Å². The smallest absolute Gasteiger partial charge is 0.148 e. The highest BCUT2D eigenvalue weighted by molar-refractivity contribution is 7.10. The molecule has 1 aromatic carbocycles. The lowest BCUT2D eigenvalue weighted by Gasteiger charge is -2.21. The first-order chi connectivity index (χ1) is 8.70. The normalized spacial score (nSPS) is 14.2. The van der Waals surface area contributed by atoms with E-state index in [4.69, 9.17) is 15.6 Å². The van der Waals surface area contributed by atoms with Gasteiger partial charge in [-0.1, -0.05) is 18.2 Å². The van der Waals surface area contributed by atoms with Crippen molar-refractivity contribution in [1.82, 2.24) is 0 Å². The molecule has 18 heavy (non-hydrogen) atoms. The summed E-state index contributed by atoms with van der Waals surface area (Å²) in [6.07, 6.45) is -0.134. The molecule has 2 rings (SSSR count). The minimum absolute atomic E-state index is 0.0436. The molecule has 0 saturated heterocycles. The van der Waals surface area contributed by atoms with E-state index in [1.165, 1.54) is 0 Å². The zero-order valence-electron chi connectivity index (χ0n) is 10.2. The quantitative estimate of drug-likeness (QED) is 0.872. The first-order valence-electron chi connectivity index (χ1n) is 5.86. The third kappa shape index (κ3) is 3.10. The monoisotopic (exact) mass is 263 g/mol. The molecule has 0 aliphatic carbocycles. The molecule has 0 saturated carbocycles. The van der Waals surface area contributed by atoms with Crippen LogP contribution < -0.4 is 10.5 Å². The zero-order valence-corrected chi connectivity index (χ0v) is 11.1. The van der Waals surface area contributed by atoms with Crippen molar-refractivity contribution in [1.29, 1.82) is 0 Å². The molecule has 0 fully saturated rings. The van der Waals surface area contributed by atoms with Crippen molar-refractivity contribution in [2.75, 3.05) is 0 Å². The van der Waals surface area contributed by atoms with Crippen LogP contribution >= 0.6 is 11.3 Å². The number of benzene rings is 1. The maximum Gasteiger partial charge on any atom is 0.148 e. The Morgan fingerprint density at radius 1 is 1.28 bits per heavy atom. The minimum atomic E-state index is -0.134. The molecular formula is C14H17NO2S. The number of rotatable bonds is 5. The Hall–Kier alpha value is -1.36. The number of hydrogen-bond donors (Lipinski definition) is 2. The van der Waals surface area contributed by atoms with E-state index in [1.807, 2.05) is 48.7 Å². The van der Waals surface area contributed by atoms with E-state index in [0.29, 0.717) is 0 Å². The molecule has 0 aliphatic rings. The van der Waals surface area contributed by atoms with Gasteiger partial charge in [-0.2, -0.15) is 0 Å². The average molecular weight is 263 g/mol. The van der Waals surface area contributed by atoms with Crippen molar-refractivity contribution in [2.24, 2.45) is 5.73 Å². The molecule has 96 valence electrons. The number of aliphatic hydroxyl groups excluding tert-OH is 1. The molecular weight excluding hydrogens is 246 g/mol. The van der Waals surface area contributed by atoms with Gasteiger partial charge in [0, 0.05) is 10.9 Å². The molecule has 4 heteroatoms. The maximum absolute atomic E-state index is 8.99. The molecule has 0 aliphatic heterocycles. The fourth-order valence-electron chi connectivity index (χ4n) is 1.70. The van der Waals surface area contributed by atoms with E-state index in [2.05, 4.69) is 0 Å². The molecule has 0 spiro atoms. The molecule has 2 atom stereocenters. The van der Waals surface area contributed by atoms with Crippen LogP contribution in [0.5, 0.6) is 5.75 Å². The van der Waals surface area contributed by atoms with Crippen molar-refractivity contribution < 1.29 is 9.84 Å². The Bertz CT molecular complexity index is 465. The number of hydrogen-bond acceptors (Lipinski definition) is 4. The Kier molecular flexibility index (Phi) is 4.36. The molecule has 0 amide bonds. The molecule has 3 nitrogen and oxygen atoms in total. The lowest BCUT2D eigenvalue weighted by Crippen LogP contribution is -2.28. The highest BCUT2D eigenvalue weighted by atomic mass is 32.1. The average Bonchev–Trinajstić information content (AvgIpc) is 2.90. The van der Waals surface area contributed by atoms with Gasteiger partial charge in [0.2, 0.25) is 0 Å². The van der Waals surface area contributed by atoms with E-state index < -0.39 is 0 Å². The van der Waals surface area contributed by atoms with Gasteiger partial charge in [0.15, 0.2) is 0 Å². The molecule has 1 aromatic heterocycles. The van der Waals surface area contributed by atoms with Crippen molar-refractivity contribution in [3.8, 4) is 5.75 Å². The summed E-state index contributed by atoms with van der Waals surface area (Å²) < 4.78 is 5.92. The van der Waals surface area contributed by atoms with Crippen molar-refractivity contribution in [2.45, 2.75) is 25.7 Å². The van der Waals surface area contributed by atoms with E-state index in [1.54, 1.807) is 11.3 Å². The summed E-state index contributed by atoms with van der Waals surface area (Å²) in [7, 11) is 0. The van der Waals surface area contributed by atoms with Crippen molar-refractivity contribution in [3.63, 3.8) is 0 Å². The summed E-state index contributed by atoms with van der Waals surface area (Å²) in [6.45, 7) is 1.98. The standard InChI is InChI=1S/C14H17NO2S/c1-10(15)14(13-3-2-8-18-13)17-12-6-4-11(9-16)5-7-12/h2-8,10,14,16H,9,15H2,1H3. The van der Waals surface area contributed by atoms with Gasteiger partial charge in [-0.25, -0.2) is 0 Å². The molecule has 1 heterocycles. The second-order valence-corrected chi connectivity index (χ2v) is 5.19. The van der Waals surface area contributed by atoms with Crippen LogP contribution in [-0.4, -0.2) is 11.1 Å². The highest BCUT2D eigenvalue weighted by Gasteiger charge is 2.19. The van der Waals surface area contributed by atoms with E-state index in [0.717, 1.165) is 16.2 Å². The fraction of sp³-hybridized carbons (Fsp3) is 0.286. The Morgan fingerprint density at radius 3 is 2.50 bits per heavy atom. The van der Waals surface area contributed by atoms with Crippen molar-refractivity contribution in [3.05, 3.63) is 52.2 Å². The summed E-state index contributed by atoms with van der Waals surface area (Å²) in [5, 5.41) is 11.0. The Morgan fingerprint density at radius 2 is 2.00 bits per heavy atom. The Labute approximate surface area is 111 Å². The third-order valence-corrected chi connectivity index (χ3v) is 3.60. The lowest BCUT2D eigenvalue weighted by atomic mass is 10.1. The maximum atomic E-state index is 8.99. The zero-order chi connectivity index (χ0) is 13.0. The van der Waals surface area contributed by atoms with Gasteiger partial charge in [-0.15, -0.1) is 11.3 Å². The van der Waals surface area contributed by atoms with Crippen LogP contribution in [0, 0.1) is 0 Å². The molecule has 3 N–H and O–H groups in total. The number of ether oxygens (including phenoxy) is 1. The lowest BCUT2D eigenvalue weighted by molar-refractivity contribution is 0.184. The first-order valence-corrected chi connectivity index (χ1v) is 6.74. The van der Waals surface area contributed by atoms with Gasteiger partial charge >= 0.3 is 0 Å². The highest BCUT2D eigenvalue weighted by Crippen LogP contribution is 2.27. The van der Waals surface area contributed by atoms with Gasteiger partial charge in [0.05, 0.1) is 6.61 Å². The summed E-state index contributed by atoms with van der Waals surface area (Å²) in [6, 6.07) is 11.3. The SMILES string of the molecule is CC(N)C(Oc1ccc(CO)cc1)c1cccs1. The van der Waals surface area contributed by atoms with E-state index >= 15 is 0 Å². The predicted octanol–water partition coefficient (Wildman–Crippen LogP) is 2.71. The summed E-state index contributed by atoms with van der Waals surface area (Å²) >= 11 is 1.64. The first kappa shape index (κ1) is 13.1. The third-order valence-electron chi connectivity index (χ3n) is 2.67. The van der Waals surface area contributed by atoms with Gasteiger partial charge in [-0.3, -0.25) is 0 Å². The topological polar surface area (TPSA) is 55.5 Å². The summed E-state index contributed by atoms with van der Waals surface area (Å²) in [5.74, 6) is 0.767. The van der Waals surface area contributed by atoms with Crippen molar-refractivity contribution >= 4 is 11.3 Å². The second kappa shape index (κ2) is 6.00. The minimum Gasteiger partial charge on any atom is -0.483 e. The molecule has 0 radical (unpaired) electrons. The number of nitrogens with two attached hydrogens (primary N) is 1. The van der Waals surface area contributed by atoms with Crippen LogP contribution in [0.25, 0.3) is 0 Å². The molecule has 2 unspecified atom stereocenters. The van der Waals surface area contributed by atoms with Gasteiger partial charge in [0.1, 0.15) is 11.9 Å². The number of thiophene rings is 1. The second-order valence-electron chi connectivity index (χ2n) is 4.22. The van der Waals surface area contributed by atoms with Crippen LogP contribution in [0.15, 0.2) is 41.8 Å². The Balaban J connectivity index is 2.13.